The van der Waals surface area contributed by atoms with Gasteiger partial charge in [0, 0.05) is 55.1 Å². The van der Waals surface area contributed by atoms with Gasteiger partial charge in [0.05, 0.1) is 11.2 Å². The minimum Gasteiger partial charge on any atom is -0.313 e. The molecule has 0 radical (unpaired) electrons. The minimum atomic E-state index is 1.02. The predicted molar refractivity (Wildman–Crippen MR) is 110 cm³/mol. The summed E-state index contributed by atoms with van der Waals surface area (Å²) in [6.45, 7) is 4.30. The molecule has 0 bridgehead atoms. The first-order valence-electron chi connectivity index (χ1n) is 9.52. The van der Waals surface area contributed by atoms with Gasteiger partial charge in [-0.25, -0.2) is 0 Å². The first-order valence-corrected chi connectivity index (χ1v) is 9.52. The summed E-state index contributed by atoms with van der Waals surface area (Å²) in [5.41, 5.74) is 9.13. The molecule has 136 valence electrons. The van der Waals surface area contributed by atoms with E-state index < -0.39 is 0 Å². The third-order valence-corrected chi connectivity index (χ3v) is 5.72. The summed E-state index contributed by atoms with van der Waals surface area (Å²) in [4.78, 5) is 2.42. The maximum absolute atomic E-state index is 4.33. The predicted octanol–water partition coefficient (Wildman–Crippen LogP) is 4.33. The van der Waals surface area contributed by atoms with E-state index in [0.717, 1.165) is 25.2 Å². The summed E-state index contributed by atoms with van der Waals surface area (Å²) >= 11 is 0. The number of aromatic nitrogens is 3. The zero-order valence-corrected chi connectivity index (χ0v) is 16.1. The number of hydrogen-bond donors (Lipinski definition) is 0. The molecule has 4 nitrogen and oxygen atoms in total. The van der Waals surface area contributed by atoms with Gasteiger partial charge in [0.1, 0.15) is 0 Å². The molecule has 0 N–H and O–H groups in total. The van der Waals surface area contributed by atoms with Crippen LogP contribution in [0.1, 0.15) is 16.8 Å². The highest BCUT2D eigenvalue weighted by molar-refractivity contribution is 5.88. The van der Waals surface area contributed by atoms with Gasteiger partial charge < -0.3 is 9.47 Å². The van der Waals surface area contributed by atoms with E-state index >= 15 is 0 Å². The summed E-state index contributed by atoms with van der Waals surface area (Å²) in [7, 11) is 4.21. The Morgan fingerprint density at radius 1 is 1.00 bits per heavy atom. The van der Waals surface area contributed by atoms with Crippen molar-refractivity contribution in [2.75, 3.05) is 13.6 Å². The summed E-state index contributed by atoms with van der Waals surface area (Å²) < 4.78 is 4.40. The molecule has 0 saturated carbocycles. The van der Waals surface area contributed by atoms with Crippen LogP contribution in [0.15, 0.2) is 54.7 Å². The van der Waals surface area contributed by atoms with Crippen LogP contribution in [-0.4, -0.2) is 32.8 Å². The lowest BCUT2D eigenvalue weighted by Gasteiger charge is -2.24. The van der Waals surface area contributed by atoms with Crippen LogP contribution in [0.3, 0.4) is 0 Å². The zero-order valence-electron chi connectivity index (χ0n) is 16.1. The highest BCUT2D eigenvalue weighted by Crippen LogP contribution is 2.34. The highest BCUT2D eigenvalue weighted by Gasteiger charge is 2.23. The Labute approximate surface area is 159 Å². The van der Waals surface area contributed by atoms with Crippen LogP contribution in [0.4, 0.5) is 0 Å². The van der Waals surface area contributed by atoms with Gasteiger partial charge in [0.15, 0.2) is 0 Å². The van der Waals surface area contributed by atoms with Gasteiger partial charge in [-0.1, -0.05) is 23.8 Å². The molecule has 2 aromatic heterocycles. The average Bonchev–Trinajstić information content (AvgIpc) is 3.23. The largest absolute Gasteiger partial charge is 0.313 e. The number of hydrogen-bond acceptors (Lipinski definition) is 2. The molecule has 2 aromatic carbocycles. The van der Waals surface area contributed by atoms with Crippen molar-refractivity contribution in [1.82, 2.24) is 19.2 Å². The molecule has 0 fully saturated rings. The van der Waals surface area contributed by atoms with E-state index in [2.05, 4.69) is 77.1 Å². The second-order valence-electron chi connectivity index (χ2n) is 7.66. The number of aryl methyl sites for hydroxylation is 2. The van der Waals surface area contributed by atoms with Crippen molar-refractivity contribution in [2.24, 2.45) is 7.05 Å². The Morgan fingerprint density at radius 2 is 1.89 bits per heavy atom. The van der Waals surface area contributed by atoms with E-state index in [0.29, 0.717) is 0 Å². The van der Waals surface area contributed by atoms with Crippen LogP contribution in [0.25, 0.3) is 27.8 Å². The third-order valence-electron chi connectivity index (χ3n) is 5.72. The fraction of sp³-hybridized carbons (Fsp3) is 0.261. The monoisotopic (exact) mass is 356 g/mol. The van der Waals surface area contributed by atoms with E-state index in [9.17, 15) is 0 Å². The molecule has 4 aromatic rings. The van der Waals surface area contributed by atoms with Gasteiger partial charge in [-0.05, 0) is 49.9 Å². The molecule has 4 heteroatoms. The quantitative estimate of drug-likeness (QED) is 0.534. The van der Waals surface area contributed by atoms with E-state index in [1.165, 1.54) is 39.0 Å². The lowest BCUT2D eigenvalue weighted by Crippen LogP contribution is -2.27. The van der Waals surface area contributed by atoms with Gasteiger partial charge in [0.25, 0.3) is 0 Å². The van der Waals surface area contributed by atoms with Crippen molar-refractivity contribution < 1.29 is 0 Å². The second-order valence-corrected chi connectivity index (χ2v) is 7.66. The Kier molecular flexibility index (Phi) is 3.69. The molecule has 0 atom stereocenters. The first-order chi connectivity index (χ1) is 13.1. The number of benzene rings is 2. The highest BCUT2D eigenvalue weighted by atomic mass is 15.3. The van der Waals surface area contributed by atoms with Gasteiger partial charge >= 0.3 is 0 Å². The number of fused-ring (bicyclic) bond motifs is 3. The van der Waals surface area contributed by atoms with E-state index in [1.807, 2.05) is 17.9 Å². The third kappa shape index (κ3) is 2.60. The molecule has 0 amide bonds. The summed E-state index contributed by atoms with van der Waals surface area (Å²) in [5, 5.41) is 5.72. The molecule has 0 aliphatic carbocycles. The lowest BCUT2D eigenvalue weighted by molar-refractivity contribution is 0.311. The van der Waals surface area contributed by atoms with Crippen molar-refractivity contribution in [3.8, 4) is 16.9 Å². The topological polar surface area (TPSA) is 26.0 Å². The summed E-state index contributed by atoms with van der Waals surface area (Å²) in [5.74, 6) is 0. The number of nitrogens with zero attached hydrogens (tertiary/aromatic N) is 4. The van der Waals surface area contributed by atoms with Crippen LogP contribution in [0, 0.1) is 6.92 Å². The van der Waals surface area contributed by atoms with Crippen LogP contribution < -0.4 is 0 Å². The van der Waals surface area contributed by atoms with Crippen LogP contribution in [0.5, 0.6) is 0 Å². The van der Waals surface area contributed by atoms with Crippen LogP contribution in [0.2, 0.25) is 0 Å². The molecule has 3 heterocycles. The fourth-order valence-corrected chi connectivity index (χ4v) is 4.36. The Morgan fingerprint density at radius 3 is 2.70 bits per heavy atom. The average molecular weight is 356 g/mol. The maximum Gasteiger partial charge on any atom is 0.0679 e. The summed E-state index contributed by atoms with van der Waals surface area (Å²) in [6, 6.07) is 17.7. The minimum absolute atomic E-state index is 1.02. The number of likely N-dealkylation sites (N-methyl/N-ethyl adjacent to an activating group) is 1. The molecule has 1 aliphatic heterocycles. The summed E-state index contributed by atoms with van der Waals surface area (Å²) in [6.07, 6.45) is 2.93. The standard InChI is InChI=1S/C23H24N4/c1-16-7-8-22-19(13-16)20-15-25(2)12-10-23(20)27(22)18-6-4-5-17(14-18)21-9-11-24-26(21)3/h4-9,11,13-14H,10,12,15H2,1-3H3. The molecule has 27 heavy (non-hydrogen) atoms. The van der Waals surface area contributed by atoms with E-state index in [-0.39, 0.29) is 0 Å². The fourth-order valence-electron chi connectivity index (χ4n) is 4.36. The molecule has 0 unspecified atom stereocenters. The van der Waals surface area contributed by atoms with Crippen molar-refractivity contribution in [3.63, 3.8) is 0 Å². The molecule has 1 aliphatic rings. The molecule has 5 rings (SSSR count). The normalized spacial score (nSPS) is 14.6. The number of rotatable bonds is 2. The van der Waals surface area contributed by atoms with Gasteiger partial charge in [-0.3, -0.25) is 4.68 Å². The van der Waals surface area contributed by atoms with Gasteiger partial charge in [-0.15, -0.1) is 0 Å². The first kappa shape index (κ1) is 16.3. The molecule has 0 saturated heterocycles. The van der Waals surface area contributed by atoms with Crippen molar-refractivity contribution in [2.45, 2.75) is 19.9 Å². The Balaban J connectivity index is 1.76. The smallest absolute Gasteiger partial charge is 0.0679 e. The van der Waals surface area contributed by atoms with Crippen LogP contribution >= 0.6 is 0 Å². The van der Waals surface area contributed by atoms with Crippen LogP contribution in [-0.2, 0) is 20.0 Å². The second kappa shape index (κ2) is 6.10. The molecular formula is C23H24N4. The van der Waals surface area contributed by atoms with E-state index in [1.54, 1.807) is 0 Å². The van der Waals surface area contributed by atoms with E-state index in [4.69, 9.17) is 0 Å². The Bertz CT molecular complexity index is 1150. The Hall–Kier alpha value is -2.85. The van der Waals surface area contributed by atoms with Crippen molar-refractivity contribution in [3.05, 3.63) is 71.5 Å². The molecule has 0 spiro atoms. The SMILES string of the molecule is Cc1ccc2c(c1)c1c(n2-c2cccc(-c3ccnn3C)c2)CCN(C)C1. The van der Waals surface area contributed by atoms with Gasteiger partial charge in [-0.2, -0.15) is 5.10 Å². The zero-order chi connectivity index (χ0) is 18.5. The maximum atomic E-state index is 4.33. The van der Waals surface area contributed by atoms with Crippen molar-refractivity contribution >= 4 is 10.9 Å². The lowest BCUT2D eigenvalue weighted by atomic mass is 10.0. The molecular weight excluding hydrogens is 332 g/mol. The van der Waals surface area contributed by atoms with Gasteiger partial charge in [0.2, 0.25) is 0 Å². The van der Waals surface area contributed by atoms with Crippen molar-refractivity contribution in [1.29, 1.82) is 0 Å².